The van der Waals surface area contributed by atoms with Crippen LogP contribution in [0.2, 0.25) is 0 Å². The molecule has 0 radical (unpaired) electrons. The van der Waals surface area contributed by atoms with Gasteiger partial charge in [0.25, 0.3) is 0 Å². The second-order valence-electron chi connectivity index (χ2n) is 11.2. The molecule has 9 heteroatoms. The molecule has 0 aromatic rings. The lowest BCUT2D eigenvalue weighted by molar-refractivity contribution is -0.167. The van der Waals surface area contributed by atoms with E-state index in [0.717, 1.165) is 0 Å². The maximum Gasteiger partial charge on any atom is 0.308 e. The molecule has 0 saturated heterocycles. The lowest BCUT2D eigenvalue weighted by Crippen LogP contribution is -2.43. The lowest BCUT2D eigenvalue weighted by atomic mass is 9.86. The monoisotopic (exact) mass is 530 g/mol. The number of hydrogen-bond acceptors (Lipinski definition) is 9. The second-order valence-corrected chi connectivity index (χ2v) is 11.2. The Labute approximate surface area is 223 Å². The molecule has 0 aromatic carbocycles. The van der Waals surface area contributed by atoms with Gasteiger partial charge >= 0.3 is 23.9 Å². The van der Waals surface area contributed by atoms with Crippen molar-refractivity contribution in [2.75, 3.05) is 39.6 Å². The van der Waals surface area contributed by atoms with Crippen LogP contribution in [0.4, 0.5) is 0 Å². The zero-order chi connectivity index (χ0) is 28.8. The van der Waals surface area contributed by atoms with Crippen molar-refractivity contribution >= 4 is 23.9 Å². The molecule has 216 valence electrons. The van der Waals surface area contributed by atoms with Crippen molar-refractivity contribution in [3.8, 4) is 0 Å². The highest BCUT2D eigenvalue weighted by Gasteiger charge is 2.37. The van der Waals surface area contributed by atoms with Gasteiger partial charge in [0.05, 0.1) is 47.7 Å². The van der Waals surface area contributed by atoms with Crippen LogP contribution >= 0.6 is 0 Å². The van der Waals surface area contributed by atoms with Crippen LogP contribution in [0.5, 0.6) is 0 Å². The fourth-order valence-electron chi connectivity index (χ4n) is 2.91. The molecule has 0 aliphatic carbocycles. The van der Waals surface area contributed by atoms with E-state index in [-0.39, 0.29) is 87.2 Å². The quantitative estimate of drug-likeness (QED) is 0.185. The number of ether oxygens (including phenoxy) is 5. The molecule has 0 rings (SSSR count). The van der Waals surface area contributed by atoms with Crippen molar-refractivity contribution in [1.29, 1.82) is 0 Å². The molecule has 0 aliphatic heterocycles. The van der Waals surface area contributed by atoms with E-state index in [2.05, 4.69) is 0 Å². The minimum absolute atomic E-state index is 0.0235. The van der Waals surface area contributed by atoms with E-state index < -0.39 is 10.8 Å². The summed E-state index contributed by atoms with van der Waals surface area (Å²) in [6.07, 6.45) is 1.04. The summed E-state index contributed by atoms with van der Waals surface area (Å²) in [5.41, 5.74) is -1.53. The molecule has 0 aromatic heterocycles. The third-order valence-electron chi connectivity index (χ3n) is 6.28. The van der Waals surface area contributed by atoms with Gasteiger partial charge in [0.2, 0.25) is 0 Å². The van der Waals surface area contributed by atoms with E-state index in [4.69, 9.17) is 23.7 Å². The van der Waals surface area contributed by atoms with Crippen LogP contribution in [0.15, 0.2) is 0 Å². The third-order valence-corrected chi connectivity index (χ3v) is 6.28. The van der Waals surface area contributed by atoms with Crippen molar-refractivity contribution in [2.24, 2.45) is 34.5 Å². The summed E-state index contributed by atoms with van der Waals surface area (Å²) < 4.78 is 28.2. The minimum Gasteiger partial charge on any atom is -0.465 e. The summed E-state index contributed by atoms with van der Waals surface area (Å²) in [5, 5.41) is 0. The Kier molecular flexibility index (Phi) is 15.7. The zero-order valence-corrected chi connectivity index (χ0v) is 24.6. The number of esters is 4. The molecule has 0 atom stereocenters. The van der Waals surface area contributed by atoms with Gasteiger partial charge in [-0.05, 0) is 12.8 Å². The maximum atomic E-state index is 12.2. The summed E-state index contributed by atoms with van der Waals surface area (Å²) in [6, 6.07) is 0. The van der Waals surface area contributed by atoms with Gasteiger partial charge in [-0.25, -0.2) is 0 Å². The van der Waals surface area contributed by atoms with E-state index in [0.29, 0.717) is 12.8 Å². The summed E-state index contributed by atoms with van der Waals surface area (Å²) in [5.74, 6) is -2.59. The van der Waals surface area contributed by atoms with Gasteiger partial charge in [0, 0.05) is 0 Å². The summed E-state index contributed by atoms with van der Waals surface area (Å²) in [4.78, 5) is 48.7. The number of carbonyl (C=O) groups excluding carboxylic acids is 4. The van der Waals surface area contributed by atoms with Gasteiger partial charge in [0.15, 0.2) is 0 Å². The first-order chi connectivity index (χ1) is 17.1. The molecule has 0 N–H and O–H groups in total. The van der Waals surface area contributed by atoms with Gasteiger partial charge in [0.1, 0.15) is 26.4 Å². The summed E-state index contributed by atoms with van der Waals surface area (Å²) in [7, 11) is 0. The highest BCUT2D eigenvalue weighted by Crippen LogP contribution is 2.29. The molecule has 37 heavy (non-hydrogen) atoms. The highest BCUT2D eigenvalue weighted by molar-refractivity contribution is 5.72. The normalized spacial score (nSPS) is 12.3. The van der Waals surface area contributed by atoms with Crippen LogP contribution in [-0.2, 0) is 42.9 Å². The standard InChI is InChI=1S/C28H50O9/c1-11-27(15-34-23(29)19(3)4,16-35-24(30)20(5)6)13-33-14-28(12-2,17-36-25(31)21(7)8)18-37-26(32)22(9)10/h19-22H,11-18H2,1-10H3. The minimum atomic E-state index is -0.766. The first-order valence-electron chi connectivity index (χ1n) is 13.4. The Bertz CT molecular complexity index is 617. The molecule has 0 fully saturated rings. The van der Waals surface area contributed by atoms with Crippen molar-refractivity contribution in [3.63, 3.8) is 0 Å². The Balaban J connectivity index is 5.69. The maximum absolute atomic E-state index is 12.2. The van der Waals surface area contributed by atoms with Crippen LogP contribution in [0.25, 0.3) is 0 Å². The molecular weight excluding hydrogens is 480 g/mol. The topological polar surface area (TPSA) is 114 Å². The number of carbonyl (C=O) groups is 4. The predicted octanol–water partition coefficient (Wildman–Crippen LogP) is 4.59. The molecule has 0 spiro atoms. The van der Waals surface area contributed by atoms with Crippen LogP contribution in [-0.4, -0.2) is 63.5 Å². The molecule has 0 bridgehead atoms. The van der Waals surface area contributed by atoms with Gasteiger partial charge in [-0.15, -0.1) is 0 Å². The Hall–Kier alpha value is -2.16. The number of hydrogen-bond donors (Lipinski definition) is 0. The molecule has 0 unspecified atom stereocenters. The van der Waals surface area contributed by atoms with Crippen LogP contribution in [0.1, 0.15) is 82.1 Å². The summed E-state index contributed by atoms with van der Waals surface area (Å²) >= 11 is 0. The van der Waals surface area contributed by atoms with Crippen molar-refractivity contribution in [3.05, 3.63) is 0 Å². The van der Waals surface area contributed by atoms with E-state index in [9.17, 15) is 19.2 Å². The van der Waals surface area contributed by atoms with Crippen molar-refractivity contribution < 1.29 is 42.9 Å². The highest BCUT2D eigenvalue weighted by atomic mass is 16.6. The third kappa shape index (κ3) is 12.8. The van der Waals surface area contributed by atoms with Crippen molar-refractivity contribution in [2.45, 2.75) is 82.1 Å². The van der Waals surface area contributed by atoms with E-state index in [1.165, 1.54) is 0 Å². The van der Waals surface area contributed by atoms with Crippen LogP contribution < -0.4 is 0 Å². The molecule has 9 nitrogen and oxygen atoms in total. The van der Waals surface area contributed by atoms with E-state index >= 15 is 0 Å². The average molecular weight is 531 g/mol. The largest absolute Gasteiger partial charge is 0.465 e. The smallest absolute Gasteiger partial charge is 0.308 e. The van der Waals surface area contributed by atoms with Gasteiger partial charge in [-0.2, -0.15) is 0 Å². The molecule has 0 aliphatic rings. The van der Waals surface area contributed by atoms with Crippen LogP contribution in [0, 0.1) is 34.5 Å². The van der Waals surface area contributed by atoms with Gasteiger partial charge in [-0.3, -0.25) is 19.2 Å². The van der Waals surface area contributed by atoms with Crippen LogP contribution in [0.3, 0.4) is 0 Å². The fourth-order valence-corrected chi connectivity index (χ4v) is 2.91. The summed E-state index contributed by atoms with van der Waals surface area (Å²) in [6.45, 7) is 18.2. The Morgan fingerprint density at radius 3 is 0.838 bits per heavy atom. The molecule has 0 saturated carbocycles. The predicted molar refractivity (Wildman–Crippen MR) is 139 cm³/mol. The van der Waals surface area contributed by atoms with Crippen molar-refractivity contribution in [1.82, 2.24) is 0 Å². The zero-order valence-electron chi connectivity index (χ0n) is 24.6. The molecule has 0 heterocycles. The van der Waals surface area contributed by atoms with Gasteiger partial charge < -0.3 is 23.7 Å². The second kappa shape index (κ2) is 16.6. The molecular formula is C28H50O9. The van der Waals surface area contributed by atoms with E-state index in [1.807, 2.05) is 13.8 Å². The average Bonchev–Trinajstić information content (AvgIpc) is 2.85. The first-order valence-corrected chi connectivity index (χ1v) is 13.4. The Morgan fingerprint density at radius 1 is 0.459 bits per heavy atom. The van der Waals surface area contributed by atoms with E-state index in [1.54, 1.807) is 55.4 Å². The number of rotatable bonds is 18. The Morgan fingerprint density at radius 2 is 0.676 bits per heavy atom. The lowest BCUT2D eigenvalue weighted by Gasteiger charge is -2.35. The molecule has 0 amide bonds. The first kappa shape index (κ1) is 34.8. The SMILES string of the molecule is CCC(COCC(CC)(COC(=O)C(C)C)COC(=O)C(C)C)(COC(=O)C(C)C)COC(=O)C(C)C. The fraction of sp³-hybridized carbons (Fsp3) is 0.857. The van der Waals surface area contributed by atoms with Gasteiger partial charge in [-0.1, -0.05) is 69.2 Å².